The molecule has 0 radical (unpaired) electrons. The van der Waals surface area contributed by atoms with E-state index in [0.29, 0.717) is 0 Å². The number of hydrogen-bond donors (Lipinski definition) is 1. The third-order valence-electron chi connectivity index (χ3n) is 2.16. The van der Waals surface area contributed by atoms with Crippen LogP contribution in [0, 0.1) is 0 Å². The van der Waals surface area contributed by atoms with Crippen LogP contribution in [-0.4, -0.2) is 29.3 Å². The quantitative estimate of drug-likeness (QED) is 0.915. The molecule has 3 nitrogen and oxygen atoms in total. The van der Waals surface area contributed by atoms with E-state index in [9.17, 15) is 5.11 Å². The van der Waals surface area contributed by atoms with Crippen molar-refractivity contribution < 1.29 is 5.11 Å². The molecule has 4 heteroatoms. The Hall–Kier alpha value is -0.610. The van der Waals surface area contributed by atoms with E-state index in [-0.39, 0.29) is 0 Å². The number of pyridine rings is 1. The van der Waals surface area contributed by atoms with Crippen molar-refractivity contribution >= 4 is 21.7 Å². The molecule has 0 fully saturated rings. The average molecular weight is 273 g/mol. The lowest BCUT2D eigenvalue weighted by Gasteiger charge is -2.23. The Kier molecular flexibility index (Phi) is 4.11. The molecular weight excluding hydrogens is 256 g/mol. The minimum atomic E-state index is -0.621. The fourth-order valence-electron chi connectivity index (χ4n) is 1.15. The van der Waals surface area contributed by atoms with Crippen LogP contribution >= 0.6 is 15.9 Å². The molecule has 0 amide bonds. The maximum absolute atomic E-state index is 9.60. The van der Waals surface area contributed by atoms with Crippen molar-refractivity contribution in [3.05, 3.63) is 22.8 Å². The minimum Gasteiger partial charge on any atom is -0.390 e. The Morgan fingerprint density at radius 3 is 2.60 bits per heavy atom. The molecule has 0 spiro atoms. The van der Waals surface area contributed by atoms with E-state index in [0.717, 1.165) is 23.3 Å². The first-order valence-electron chi connectivity index (χ1n) is 4.93. The van der Waals surface area contributed by atoms with Crippen LogP contribution in [0.2, 0.25) is 0 Å². The SMILES string of the molecule is CN(CCC(C)(C)O)c1ccc(Br)cn1. The first-order chi connectivity index (χ1) is 6.88. The summed E-state index contributed by atoms with van der Waals surface area (Å²) in [5.74, 6) is 0.919. The van der Waals surface area contributed by atoms with Gasteiger partial charge in [0.05, 0.1) is 5.60 Å². The molecular formula is C11H17BrN2O. The first kappa shape index (κ1) is 12.5. The van der Waals surface area contributed by atoms with Crippen molar-refractivity contribution in [1.82, 2.24) is 4.98 Å². The van der Waals surface area contributed by atoms with Crippen LogP contribution in [0.1, 0.15) is 20.3 Å². The van der Waals surface area contributed by atoms with Crippen LogP contribution in [0.5, 0.6) is 0 Å². The predicted molar refractivity (Wildman–Crippen MR) is 66.1 cm³/mol. The Labute approximate surface area is 99.3 Å². The van der Waals surface area contributed by atoms with Gasteiger partial charge in [-0.05, 0) is 48.3 Å². The average Bonchev–Trinajstić information content (AvgIpc) is 2.14. The van der Waals surface area contributed by atoms with Gasteiger partial charge in [-0.25, -0.2) is 4.98 Å². The van der Waals surface area contributed by atoms with Crippen LogP contribution in [0.4, 0.5) is 5.82 Å². The predicted octanol–water partition coefficient (Wildman–Crippen LogP) is 2.44. The molecule has 1 aromatic rings. The fraction of sp³-hybridized carbons (Fsp3) is 0.545. The summed E-state index contributed by atoms with van der Waals surface area (Å²) in [6, 6.07) is 3.91. The zero-order chi connectivity index (χ0) is 11.5. The number of rotatable bonds is 4. The monoisotopic (exact) mass is 272 g/mol. The molecule has 0 aliphatic carbocycles. The maximum atomic E-state index is 9.60. The molecule has 1 N–H and O–H groups in total. The molecule has 0 atom stereocenters. The zero-order valence-corrected chi connectivity index (χ0v) is 11.0. The highest BCUT2D eigenvalue weighted by atomic mass is 79.9. The molecule has 84 valence electrons. The zero-order valence-electron chi connectivity index (χ0n) is 9.37. The van der Waals surface area contributed by atoms with Crippen molar-refractivity contribution in [2.24, 2.45) is 0 Å². The van der Waals surface area contributed by atoms with Gasteiger partial charge in [0.1, 0.15) is 5.82 Å². The van der Waals surface area contributed by atoms with Gasteiger partial charge < -0.3 is 10.0 Å². The number of aliphatic hydroxyl groups is 1. The number of halogens is 1. The van der Waals surface area contributed by atoms with E-state index in [1.165, 1.54) is 0 Å². The van der Waals surface area contributed by atoms with Gasteiger partial charge in [-0.15, -0.1) is 0 Å². The van der Waals surface area contributed by atoms with E-state index < -0.39 is 5.60 Å². The topological polar surface area (TPSA) is 36.4 Å². The lowest BCUT2D eigenvalue weighted by atomic mass is 10.1. The van der Waals surface area contributed by atoms with Crippen molar-refractivity contribution in [1.29, 1.82) is 0 Å². The van der Waals surface area contributed by atoms with Gasteiger partial charge in [-0.2, -0.15) is 0 Å². The Morgan fingerprint density at radius 1 is 1.47 bits per heavy atom. The second-order valence-corrected chi connectivity index (χ2v) is 5.23. The summed E-state index contributed by atoms with van der Waals surface area (Å²) in [7, 11) is 1.97. The maximum Gasteiger partial charge on any atom is 0.128 e. The Morgan fingerprint density at radius 2 is 2.13 bits per heavy atom. The van der Waals surface area contributed by atoms with E-state index in [2.05, 4.69) is 20.9 Å². The van der Waals surface area contributed by atoms with Gasteiger partial charge in [-0.1, -0.05) is 0 Å². The normalized spacial score (nSPS) is 11.5. The standard InChI is InChI=1S/C11H17BrN2O/c1-11(2,15)6-7-14(3)10-5-4-9(12)8-13-10/h4-5,8,15H,6-7H2,1-3H3. The molecule has 0 unspecified atom stereocenters. The van der Waals surface area contributed by atoms with Crippen molar-refractivity contribution in [2.75, 3.05) is 18.5 Å². The summed E-state index contributed by atoms with van der Waals surface area (Å²) in [6.45, 7) is 4.42. The summed E-state index contributed by atoms with van der Waals surface area (Å²) in [5.41, 5.74) is -0.621. The molecule has 15 heavy (non-hydrogen) atoms. The number of nitrogens with zero attached hydrogens (tertiary/aromatic N) is 2. The van der Waals surface area contributed by atoms with Gasteiger partial charge in [0.15, 0.2) is 0 Å². The summed E-state index contributed by atoms with van der Waals surface area (Å²) < 4.78 is 0.974. The molecule has 0 saturated carbocycles. The van der Waals surface area contributed by atoms with Gasteiger partial charge >= 0.3 is 0 Å². The van der Waals surface area contributed by atoms with Crippen LogP contribution in [-0.2, 0) is 0 Å². The fourth-order valence-corrected chi connectivity index (χ4v) is 1.38. The van der Waals surface area contributed by atoms with Crippen LogP contribution in [0.25, 0.3) is 0 Å². The second kappa shape index (κ2) is 4.94. The highest BCUT2D eigenvalue weighted by Crippen LogP contribution is 2.15. The van der Waals surface area contributed by atoms with E-state index in [1.807, 2.05) is 37.9 Å². The van der Waals surface area contributed by atoms with Crippen LogP contribution < -0.4 is 4.90 Å². The molecule has 1 heterocycles. The third-order valence-corrected chi connectivity index (χ3v) is 2.63. The minimum absolute atomic E-state index is 0.621. The molecule has 0 aromatic carbocycles. The second-order valence-electron chi connectivity index (χ2n) is 4.32. The Bertz CT molecular complexity index is 305. The van der Waals surface area contributed by atoms with Crippen LogP contribution in [0.3, 0.4) is 0 Å². The number of anilines is 1. The largest absolute Gasteiger partial charge is 0.390 e. The molecule has 0 saturated heterocycles. The van der Waals surface area contributed by atoms with Gasteiger partial charge in [0.25, 0.3) is 0 Å². The molecule has 0 bridgehead atoms. The van der Waals surface area contributed by atoms with Gasteiger partial charge in [0.2, 0.25) is 0 Å². The van der Waals surface area contributed by atoms with E-state index >= 15 is 0 Å². The lowest BCUT2D eigenvalue weighted by molar-refractivity contribution is 0.0733. The smallest absolute Gasteiger partial charge is 0.128 e. The van der Waals surface area contributed by atoms with Gasteiger partial charge in [-0.3, -0.25) is 0 Å². The highest BCUT2D eigenvalue weighted by molar-refractivity contribution is 9.10. The summed E-state index contributed by atoms with van der Waals surface area (Å²) in [6.07, 6.45) is 2.50. The molecule has 0 aliphatic heterocycles. The number of aromatic nitrogens is 1. The summed E-state index contributed by atoms with van der Waals surface area (Å²) in [4.78, 5) is 6.31. The first-order valence-corrected chi connectivity index (χ1v) is 5.73. The molecule has 0 aliphatic rings. The number of hydrogen-bond acceptors (Lipinski definition) is 3. The summed E-state index contributed by atoms with van der Waals surface area (Å²) in [5, 5.41) is 9.60. The molecule has 1 rings (SSSR count). The Balaban J connectivity index is 2.54. The van der Waals surface area contributed by atoms with E-state index in [1.54, 1.807) is 6.20 Å². The van der Waals surface area contributed by atoms with Crippen LogP contribution in [0.15, 0.2) is 22.8 Å². The summed E-state index contributed by atoms with van der Waals surface area (Å²) >= 11 is 3.34. The molecule has 1 aromatic heterocycles. The van der Waals surface area contributed by atoms with Crippen molar-refractivity contribution in [2.45, 2.75) is 25.9 Å². The highest BCUT2D eigenvalue weighted by Gasteiger charge is 2.13. The third kappa shape index (κ3) is 4.62. The van der Waals surface area contributed by atoms with Crippen molar-refractivity contribution in [3.8, 4) is 0 Å². The van der Waals surface area contributed by atoms with Crippen molar-refractivity contribution in [3.63, 3.8) is 0 Å². The lowest BCUT2D eigenvalue weighted by Crippen LogP contribution is -2.28. The van der Waals surface area contributed by atoms with E-state index in [4.69, 9.17) is 0 Å². The van der Waals surface area contributed by atoms with Gasteiger partial charge in [0, 0.05) is 24.3 Å².